The summed E-state index contributed by atoms with van der Waals surface area (Å²) < 4.78 is 5.72. The molecule has 110 valence electrons. The van der Waals surface area contributed by atoms with Crippen molar-refractivity contribution in [3.8, 4) is 5.75 Å². The molecule has 1 heterocycles. The van der Waals surface area contributed by atoms with Crippen molar-refractivity contribution in [3.05, 3.63) is 29.3 Å². The molecule has 2 atom stereocenters. The predicted molar refractivity (Wildman–Crippen MR) is 76.8 cm³/mol. The molecule has 1 aliphatic rings. The SMILES string of the molecule is Cc1cccc(C)c1OCCNC(=O)[C@@H]1C[C@@H](O)CN1. The van der Waals surface area contributed by atoms with Gasteiger partial charge in [-0.25, -0.2) is 0 Å². The van der Waals surface area contributed by atoms with Crippen LogP contribution in [0.1, 0.15) is 17.5 Å². The van der Waals surface area contributed by atoms with Gasteiger partial charge in [-0.3, -0.25) is 4.79 Å². The van der Waals surface area contributed by atoms with Gasteiger partial charge in [0.2, 0.25) is 5.91 Å². The molecule has 5 heteroatoms. The van der Waals surface area contributed by atoms with E-state index in [2.05, 4.69) is 10.6 Å². The van der Waals surface area contributed by atoms with Crippen LogP contribution in [0.25, 0.3) is 0 Å². The molecular formula is C15H22N2O3. The fraction of sp³-hybridized carbons (Fsp3) is 0.533. The van der Waals surface area contributed by atoms with Crippen LogP contribution in [0.2, 0.25) is 0 Å². The minimum absolute atomic E-state index is 0.0772. The number of aliphatic hydroxyl groups is 1. The van der Waals surface area contributed by atoms with Crippen molar-refractivity contribution in [2.45, 2.75) is 32.4 Å². The van der Waals surface area contributed by atoms with Crippen molar-refractivity contribution in [2.75, 3.05) is 19.7 Å². The van der Waals surface area contributed by atoms with Gasteiger partial charge in [0.25, 0.3) is 0 Å². The molecule has 0 spiro atoms. The highest BCUT2D eigenvalue weighted by Gasteiger charge is 2.27. The first-order valence-electron chi connectivity index (χ1n) is 6.96. The van der Waals surface area contributed by atoms with Crippen LogP contribution in [0.3, 0.4) is 0 Å². The normalized spacial score (nSPS) is 21.8. The lowest BCUT2D eigenvalue weighted by Gasteiger charge is -2.14. The molecular weight excluding hydrogens is 256 g/mol. The molecule has 0 radical (unpaired) electrons. The molecule has 0 bridgehead atoms. The lowest BCUT2D eigenvalue weighted by atomic mass is 10.1. The Bertz CT molecular complexity index is 456. The largest absolute Gasteiger partial charge is 0.491 e. The fourth-order valence-corrected chi connectivity index (χ4v) is 2.39. The van der Waals surface area contributed by atoms with Crippen LogP contribution in [0.5, 0.6) is 5.75 Å². The monoisotopic (exact) mass is 278 g/mol. The summed E-state index contributed by atoms with van der Waals surface area (Å²) in [7, 11) is 0. The summed E-state index contributed by atoms with van der Waals surface area (Å²) in [5, 5.41) is 15.2. The number of amides is 1. The third kappa shape index (κ3) is 3.71. The summed E-state index contributed by atoms with van der Waals surface area (Å²) in [6, 6.07) is 5.72. The van der Waals surface area contributed by atoms with Crippen molar-refractivity contribution in [1.29, 1.82) is 0 Å². The zero-order valence-corrected chi connectivity index (χ0v) is 12.0. The first kappa shape index (κ1) is 14.8. The summed E-state index contributed by atoms with van der Waals surface area (Å²) >= 11 is 0. The number of hydrogen-bond acceptors (Lipinski definition) is 4. The molecule has 20 heavy (non-hydrogen) atoms. The van der Waals surface area contributed by atoms with Gasteiger partial charge < -0.3 is 20.5 Å². The Balaban J connectivity index is 1.73. The maximum atomic E-state index is 11.8. The van der Waals surface area contributed by atoms with Crippen LogP contribution in [-0.2, 0) is 4.79 Å². The molecule has 5 nitrogen and oxygen atoms in total. The molecule has 0 aliphatic carbocycles. The standard InChI is InChI=1S/C15H22N2O3/c1-10-4-3-5-11(2)14(10)20-7-6-16-15(19)13-8-12(18)9-17-13/h3-5,12-13,17-18H,6-9H2,1-2H3,(H,16,19)/t12-,13+/m1/s1. The van der Waals surface area contributed by atoms with Gasteiger partial charge >= 0.3 is 0 Å². The summed E-state index contributed by atoms with van der Waals surface area (Å²) in [5.41, 5.74) is 2.19. The predicted octanol–water partition coefficient (Wildman–Crippen LogP) is 0.521. The van der Waals surface area contributed by atoms with Gasteiger partial charge in [0, 0.05) is 6.54 Å². The van der Waals surface area contributed by atoms with Crippen molar-refractivity contribution < 1.29 is 14.6 Å². The second kappa shape index (κ2) is 6.72. The van der Waals surface area contributed by atoms with Gasteiger partial charge in [-0.15, -0.1) is 0 Å². The molecule has 1 aromatic carbocycles. The van der Waals surface area contributed by atoms with Crippen LogP contribution >= 0.6 is 0 Å². The van der Waals surface area contributed by atoms with E-state index in [0.717, 1.165) is 16.9 Å². The third-order valence-corrected chi connectivity index (χ3v) is 3.48. The molecule has 0 saturated carbocycles. The number of carbonyl (C=O) groups is 1. The highest BCUT2D eigenvalue weighted by molar-refractivity contribution is 5.82. The highest BCUT2D eigenvalue weighted by atomic mass is 16.5. The molecule has 3 N–H and O–H groups in total. The Labute approximate surface area is 119 Å². The number of hydrogen-bond donors (Lipinski definition) is 3. The van der Waals surface area contributed by atoms with Crippen LogP contribution in [0, 0.1) is 13.8 Å². The number of β-amino-alcohol motifs (C(OH)–C–C–N with tert-alkyl or cyclic N) is 1. The van der Waals surface area contributed by atoms with Gasteiger partial charge in [-0.2, -0.15) is 0 Å². The van der Waals surface area contributed by atoms with Gasteiger partial charge in [0.1, 0.15) is 12.4 Å². The Morgan fingerprint density at radius 3 is 2.75 bits per heavy atom. The van der Waals surface area contributed by atoms with Crippen molar-refractivity contribution in [2.24, 2.45) is 0 Å². The lowest BCUT2D eigenvalue weighted by molar-refractivity contribution is -0.123. The second-order valence-electron chi connectivity index (χ2n) is 5.21. The molecule has 0 unspecified atom stereocenters. The van der Waals surface area contributed by atoms with Crippen molar-refractivity contribution in [3.63, 3.8) is 0 Å². The van der Waals surface area contributed by atoms with Crippen molar-refractivity contribution >= 4 is 5.91 Å². The van der Waals surface area contributed by atoms with E-state index >= 15 is 0 Å². The van der Waals surface area contributed by atoms with E-state index in [0.29, 0.717) is 26.1 Å². The average molecular weight is 278 g/mol. The summed E-state index contributed by atoms with van der Waals surface area (Å²) in [5.74, 6) is 0.808. The molecule has 1 aromatic rings. The van der Waals surface area contributed by atoms with Gasteiger partial charge in [-0.05, 0) is 31.4 Å². The highest BCUT2D eigenvalue weighted by Crippen LogP contribution is 2.21. The van der Waals surface area contributed by atoms with Gasteiger partial charge in [-0.1, -0.05) is 18.2 Å². The number of para-hydroxylation sites is 1. The number of benzene rings is 1. The minimum atomic E-state index is -0.420. The Hall–Kier alpha value is -1.59. The summed E-state index contributed by atoms with van der Waals surface area (Å²) in [6.07, 6.45) is 0.0560. The lowest BCUT2D eigenvalue weighted by Crippen LogP contribution is -2.41. The third-order valence-electron chi connectivity index (χ3n) is 3.48. The number of rotatable bonds is 5. The fourth-order valence-electron chi connectivity index (χ4n) is 2.39. The van der Waals surface area contributed by atoms with E-state index in [1.165, 1.54) is 0 Å². The maximum Gasteiger partial charge on any atom is 0.237 e. The van der Waals surface area contributed by atoms with Crippen LogP contribution in [-0.4, -0.2) is 42.9 Å². The summed E-state index contributed by atoms with van der Waals surface area (Å²) in [4.78, 5) is 11.8. The van der Waals surface area contributed by atoms with Gasteiger partial charge in [0.05, 0.1) is 18.7 Å². The molecule has 1 aliphatic heterocycles. The molecule has 1 saturated heterocycles. The topological polar surface area (TPSA) is 70.6 Å². The van der Waals surface area contributed by atoms with E-state index in [-0.39, 0.29) is 11.9 Å². The first-order valence-corrected chi connectivity index (χ1v) is 6.96. The molecule has 0 aromatic heterocycles. The van der Waals surface area contributed by atoms with Crippen LogP contribution in [0.15, 0.2) is 18.2 Å². The van der Waals surface area contributed by atoms with Crippen LogP contribution < -0.4 is 15.4 Å². The number of aryl methyl sites for hydroxylation is 2. The Morgan fingerprint density at radius 2 is 2.15 bits per heavy atom. The summed E-state index contributed by atoms with van der Waals surface area (Å²) in [6.45, 7) is 5.39. The van der Waals surface area contributed by atoms with E-state index < -0.39 is 6.10 Å². The zero-order chi connectivity index (χ0) is 14.5. The quantitative estimate of drug-likeness (QED) is 0.687. The van der Waals surface area contributed by atoms with E-state index in [9.17, 15) is 9.90 Å². The van der Waals surface area contributed by atoms with E-state index in [1.807, 2.05) is 32.0 Å². The maximum absolute atomic E-state index is 11.8. The number of aliphatic hydroxyl groups excluding tert-OH is 1. The zero-order valence-electron chi connectivity index (χ0n) is 12.0. The average Bonchev–Trinajstić information content (AvgIpc) is 2.84. The molecule has 1 fully saturated rings. The smallest absolute Gasteiger partial charge is 0.237 e. The Kier molecular flexibility index (Phi) is 4.98. The van der Waals surface area contributed by atoms with Crippen molar-refractivity contribution in [1.82, 2.24) is 10.6 Å². The minimum Gasteiger partial charge on any atom is -0.491 e. The number of ether oxygens (including phenoxy) is 1. The molecule has 2 rings (SSSR count). The first-order chi connectivity index (χ1) is 9.58. The molecule has 1 amide bonds. The van der Waals surface area contributed by atoms with E-state index in [4.69, 9.17) is 4.74 Å². The van der Waals surface area contributed by atoms with Gasteiger partial charge in [0.15, 0.2) is 0 Å². The number of carbonyl (C=O) groups excluding carboxylic acids is 1. The Morgan fingerprint density at radius 1 is 1.45 bits per heavy atom. The number of nitrogens with one attached hydrogen (secondary N) is 2. The van der Waals surface area contributed by atoms with Crippen LogP contribution in [0.4, 0.5) is 0 Å². The second-order valence-corrected chi connectivity index (χ2v) is 5.21. The van der Waals surface area contributed by atoms with E-state index in [1.54, 1.807) is 0 Å².